The monoisotopic (exact) mass is 669 g/mol. The first-order valence-corrected chi connectivity index (χ1v) is 18.7. The summed E-state index contributed by atoms with van der Waals surface area (Å²) in [6, 6.07) is 20.0. The van der Waals surface area contributed by atoms with Crippen molar-refractivity contribution in [2.45, 2.75) is 51.8 Å². The van der Waals surface area contributed by atoms with E-state index in [1.807, 2.05) is 0 Å². The maximum atomic E-state index is 8.39. The third kappa shape index (κ3) is 5.80. The summed E-state index contributed by atoms with van der Waals surface area (Å²) in [5, 5.41) is 1.21. The summed E-state index contributed by atoms with van der Waals surface area (Å²) in [6.07, 6.45) is -0.333. The highest BCUT2D eigenvalue weighted by molar-refractivity contribution is 7.83. The fourth-order valence-electron chi connectivity index (χ4n) is 8.26. The van der Waals surface area contributed by atoms with Gasteiger partial charge in [-0.2, -0.15) is 9.34 Å². The van der Waals surface area contributed by atoms with E-state index < -0.39 is 11.6 Å². The van der Waals surface area contributed by atoms with E-state index in [1.54, 1.807) is 0 Å². The van der Waals surface area contributed by atoms with Crippen LogP contribution in [0.5, 0.6) is 0 Å². The van der Waals surface area contributed by atoms with Gasteiger partial charge in [0.15, 0.2) is 6.17 Å². The number of halogens is 2. The molecule has 6 nitrogen and oxygen atoms in total. The highest BCUT2D eigenvalue weighted by Crippen LogP contribution is 2.78. The Hall–Kier alpha value is -1.89. The summed E-state index contributed by atoms with van der Waals surface area (Å²) in [4.78, 5) is 5.06. The molecule has 0 unspecified atom stereocenters. The Kier molecular flexibility index (Phi) is 9.77. The number of nitrogens with zero attached hydrogens (tertiary/aromatic N) is 4. The molecule has 0 amide bonds. The number of alkyl halides is 2. The fourth-order valence-corrected chi connectivity index (χ4v) is 15.4. The van der Waals surface area contributed by atoms with Crippen molar-refractivity contribution >= 4 is 47.4 Å². The molecule has 0 aliphatic carbocycles. The van der Waals surface area contributed by atoms with Crippen LogP contribution in [0, 0.1) is 41.5 Å². The quantitative estimate of drug-likeness (QED) is 0.196. The van der Waals surface area contributed by atoms with E-state index >= 15 is 0 Å². The molecule has 3 aliphatic rings. The summed E-state index contributed by atoms with van der Waals surface area (Å²) >= 11 is 16.8. The third-order valence-electron chi connectivity index (χ3n) is 9.65. The minimum Gasteiger partial charge on any atom is -0.378 e. The smallest absolute Gasteiger partial charge is 0.300 e. The largest absolute Gasteiger partial charge is 0.378 e. The van der Waals surface area contributed by atoms with E-state index in [0.717, 1.165) is 39.3 Å². The van der Waals surface area contributed by atoms with Gasteiger partial charge in [-0.3, -0.25) is 0 Å². The summed E-state index contributed by atoms with van der Waals surface area (Å²) < 4.78 is 15.9. The molecule has 45 heavy (non-hydrogen) atoms. The van der Waals surface area contributed by atoms with Crippen LogP contribution in [0.2, 0.25) is 0 Å². The van der Waals surface area contributed by atoms with Crippen molar-refractivity contribution in [3.8, 4) is 0 Å². The van der Waals surface area contributed by atoms with Crippen LogP contribution in [0.25, 0.3) is 0 Å². The Labute approximate surface area is 280 Å². The molecular formula is C36H48Cl2N4O2P+. The number of benzene rings is 3. The third-order valence-corrected chi connectivity index (χ3v) is 16.0. The summed E-state index contributed by atoms with van der Waals surface area (Å²) in [5.41, 5.74) is 10.0. The molecule has 0 atom stereocenters. The molecule has 0 saturated carbocycles. The number of aryl methyl sites for hydroxylation is 6. The molecule has 3 heterocycles. The molecule has 0 bridgehead atoms. The lowest BCUT2D eigenvalue weighted by molar-refractivity contribution is 0.0556. The van der Waals surface area contributed by atoms with E-state index in [-0.39, 0.29) is 6.17 Å². The van der Waals surface area contributed by atoms with E-state index in [1.165, 1.54) is 50.1 Å². The van der Waals surface area contributed by atoms with Crippen molar-refractivity contribution in [3.05, 3.63) is 88.0 Å². The van der Waals surface area contributed by atoms with E-state index in [4.69, 9.17) is 32.7 Å². The molecule has 3 aliphatic heterocycles. The predicted molar refractivity (Wildman–Crippen MR) is 192 cm³/mol. The summed E-state index contributed by atoms with van der Waals surface area (Å²) in [7, 11) is -2.69. The number of anilines is 2. The first kappa shape index (κ1) is 33.0. The van der Waals surface area contributed by atoms with Gasteiger partial charge in [0.25, 0.3) is 4.07 Å². The van der Waals surface area contributed by atoms with E-state index in [9.17, 15) is 0 Å². The normalized spacial score (nSPS) is 19.5. The zero-order valence-electron chi connectivity index (χ0n) is 27.7. The minimum absolute atomic E-state index is 0.333. The maximum absolute atomic E-state index is 8.39. The van der Waals surface area contributed by atoms with Gasteiger partial charge in [0.2, 0.25) is 7.56 Å². The second-order valence-corrected chi connectivity index (χ2v) is 18.4. The van der Waals surface area contributed by atoms with Gasteiger partial charge in [0, 0.05) is 24.5 Å². The van der Waals surface area contributed by atoms with Crippen molar-refractivity contribution in [1.82, 2.24) is 9.34 Å². The van der Waals surface area contributed by atoms with Crippen molar-refractivity contribution < 1.29 is 9.47 Å². The molecule has 0 radical (unpaired) electrons. The molecule has 3 fully saturated rings. The molecule has 0 aromatic heterocycles. The zero-order chi connectivity index (χ0) is 31.9. The highest BCUT2D eigenvalue weighted by Gasteiger charge is 2.73. The SMILES string of the molecule is Cc1cc(C)c(N2CCN(c3c(C)cc(C)cc3C)C2C(Cl)(Cl)[P+](c2ccccc2)(N2CCOCC2)N2CCOCC2)c(C)c1. The molecule has 6 rings (SSSR count). The molecule has 0 spiro atoms. The Morgan fingerprint density at radius 1 is 0.600 bits per heavy atom. The number of hydrogen-bond acceptors (Lipinski definition) is 6. The average molecular weight is 671 g/mol. The average Bonchev–Trinajstić information content (AvgIpc) is 3.43. The van der Waals surface area contributed by atoms with Crippen LogP contribution < -0.4 is 15.1 Å². The van der Waals surface area contributed by atoms with Crippen LogP contribution >= 0.6 is 30.8 Å². The Morgan fingerprint density at radius 2 is 0.978 bits per heavy atom. The Balaban J connectivity index is 1.64. The number of morpholine rings is 2. The van der Waals surface area contributed by atoms with E-state index in [2.05, 4.69) is 115 Å². The van der Waals surface area contributed by atoms with Crippen LogP contribution in [-0.4, -0.2) is 85.3 Å². The van der Waals surface area contributed by atoms with Crippen molar-refractivity contribution in [2.75, 3.05) is 75.5 Å². The minimum atomic E-state index is -2.69. The molecule has 3 aromatic carbocycles. The zero-order valence-corrected chi connectivity index (χ0v) is 30.1. The van der Waals surface area contributed by atoms with Crippen LogP contribution in [0.4, 0.5) is 11.4 Å². The van der Waals surface area contributed by atoms with Crippen molar-refractivity contribution in [3.63, 3.8) is 0 Å². The van der Waals surface area contributed by atoms with Crippen LogP contribution in [0.3, 0.4) is 0 Å². The van der Waals surface area contributed by atoms with Crippen LogP contribution in [-0.2, 0) is 9.47 Å². The van der Waals surface area contributed by atoms with Crippen LogP contribution in [0.1, 0.15) is 33.4 Å². The number of rotatable bonds is 7. The summed E-state index contributed by atoms with van der Waals surface area (Å²) in [6.45, 7) is 20.7. The van der Waals surface area contributed by atoms with Crippen LogP contribution in [0.15, 0.2) is 54.6 Å². The van der Waals surface area contributed by atoms with Gasteiger partial charge in [0.1, 0.15) is 5.30 Å². The molecule has 0 N–H and O–H groups in total. The standard InChI is InChI=1S/C36H48Cl2N4O2P/c1-26-22-28(3)33(29(4)23-26)41-12-13-42(34-30(5)24-27(2)25-31(34)6)35(41)36(37,38)45(32-10-8-7-9-11-32,39-14-18-43-19-15-39)40-16-20-44-21-17-40/h7-11,22-25,35H,12-21H2,1-6H3/q+1. The molecule has 3 aromatic rings. The molecular weight excluding hydrogens is 622 g/mol. The lowest BCUT2D eigenvalue weighted by Gasteiger charge is -2.53. The van der Waals surface area contributed by atoms with Gasteiger partial charge in [-0.25, -0.2) is 0 Å². The van der Waals surface area contributed by atoms with E-state index in [0.29, 0.717) is 26.4 Å². The van der Waals surface area contributed by atoms with Gasteiger partial charge in [-0.1, -0.05) is 53.6 Å². The maximum Gasteiger partial charge on any atom is 0.300 e. The van der Waals surface area contributed by atoms with Gasteiger partial charge in [-0.05, 0) is 99.1 Å². The first-order chi connectivity index (χ1) is 21.6. The lowest BCUT2D eigenvalue weighted by Crippen LogP contribution is -2.62. The van der Waals surface area contributed by atoms with Gasteiger partial charge in [-0.15, -0.1) is 0 Å². The lowest BCUT2D eigenvalue weighted by atomic mass is 10.0. The second-order valence-electron chi connectivity index (χ2n) is 12.9. The summed E-state index contributed by atoms with van der Waals surface area (Å²) in [5.74, 6) is 0. The van der Waals surface area contributed by atoms with Gasteiger partial charge >= 0.3 is 0 Å². The Morgan fingerprint density at radius 3 is 1.36 bits per heavy atom. The van der Waals surface area contributed by atoms with Gasteiger partial charge < -0.3 is 19.3 Å². The first-order valence-electron chi connectivity index (χ1n) is 16.2. The second kappa shape index (κ2) is 13.3. The number of ether oxygens (including phenoxy) is 2. The highest BCUT2D eigenvalue weighted by atomic mass is 35.5. The van der Waals surface area contributed by atoms with Gasteiger partial charge in [0.05, 0.1) is 52.6 Å². The molecule has 3 saturated heterocycles. The topological polar surface area (TPSA) is 31.4 Å². The van der Waals surface area contributed by atoms with Crippen molar-refractivity contribution in [1.29, 1.82) is 0 Å². The molecule has 242 valence electrons. The number of hydrogen-bond donors (Lipinski definition) is 0. The Bertz CT molecular complexity index is 1380. The predicted octanol–water partition coefficient (Wildman–Crippen LogP) is 7.16. The molecule has 9 heteroatoms. The fraction of sp³-hybridized carbons (Fsp3) is 0.500. The van der Waals surface area contributed by atoms with Crippen molar-refractivity contribution in [2.24, 2.45) is 0 Å².